The van der Waals surface area contributed by atoms with Crippen molar-refractivity contribution in [3.8, 4) is 0 Å². The van der Waals surface area contributed by atoms with E-state index < -0.39 is 0 Å². The van der Waals surface area contributed by atoms with E-state index in [1.54, 1.807) is 30.3 Å². The van der Waals surface area contributed by atoms with Crippen LogP contribution in [0.25, 0.3) is 0 Å². The Bertz CT molecular complexity index is 616. The van der Waals surface area contributed by atoms with Gasteiger partial charge in [-0.1, -0.05) is 23.7 Å². The molecule has 0 heterocycles. The smallest absolute Gasteiger partial charge is 0.238 e. The van der Waals surface area contributed by atoms with E-state index in [0.717, 1.165) is 5.56 Å². The SMILES string of the molecule is C[C@H](NCC(=O)Nc1ccc(Cl)cc1)c1cccc(F)c1. The lowest BCUT2D eigenvalue weighted by Crippen LogP contribution is -2.30. The van der Waals surface area contributed by atoms with Gasteiger partial charge in [0, 0.05) is 16.8 Å². The second-order valence-electron chi connectivity index (χ2n) is 4.71. The van der Waals surface area contributed by atoms with E-state index in [2.05, 4.69) is 10.6 Å². The molecule has 5 heteroatoms. The Morgan fingerprint density at radius 3 is 2.62 bits per heavy atom. The summed E-state index contributed by atoms with van der Waals surface area (Å²) in [6.45, 7) is 2.02. The number of hydrogen-bond acceptors (Lipinski definition) is 2. The van der Waals surface area contributed by atoms with Gasteiger partial charge in [-0.25, -0.2) is 4.39 Å². The van der Waals surface area contributed by atoms with Crippen molar-refractivity contribution >= 4 is 23.2 Å². The number of benzene rings is 2. The molecule has 0 bridgehead atoms. The predicted molar refractivity (Wildman–Crippen MR) is 82.9 cm³/mol. The molecule has 2 rings (SSSR count). The van der Waals surface area contributed by atoms with Crippen LogP contribution in [0.3, 0.4) is 0 Å². The Kier molecular flexibility index (Phi) is 5.31. The maximum absolute atomic E-state index is 13.1. The molecule has 2 aromatic rings. The van der Waals surface area contributed by atoms with Crippen molar-refractivity contribution in [3.63, 3.8) is 0 Å². The van der Waals surface area contributed by atoms with E-state index >= 15 is 0 Å². The molecule has 21 heavy (non-hydrogen) atoms. The first-order chi connectivity index (χ1) is 10.0. The zero-order valence-electron chi connectivity index (χ0n) is 11.6. The van der Waals surface area contributed by atoms with E-state index in [1.807, 2.05) is 13.0 Å². The third-order valence-corrected chi connectivity index (χ3v) is 3.30. The molecule has 110 valence electrons. The van der Waals surface area contributed by atoms with Crippen LogP contribution in [0.1, 0.15) is 18.5 Å². The van der Waals surface area contributed by atoms with Crippen LogP contribution in [0.4, 0.5) is 10.1 Å². The van der Waals surface area contributed by atoms with Gasteiger partial charge in [-0.15, -0.1) is 0 Å². The Labute approximate surface area is 128 Å². The number of rotatable bonds is 5. The fraction of sp³-hybridized carbons (Fsp3) is 0.188. The summed E-state index contributed by atoms with van der Waals surface area (Å²) in [6.07, 6.45) is 0. The van der Waals surface area contributed by atoms with Gasteiger partial charge in [-0.3, -0.25) is 4.79 Å². The Morgan fingerprint density at radius 1 is 1.24 bits per heavy atom. The molecule has 0 radical (unpaired) electrons. The van der Waals surface area contributed by atoms with Crippen LogP contribution in [0.5, 0.6) is 0 Å². The van der Waals surface area contributed by atoms with Crippen LogP contribution in [0, 0.1) is 5.82 Å². The first-order valence-electron chi connectivity index (χ1n) is 6.59. The maximum Gasteiger partial charge on any atom is 0.238 e. The van der Waals surface area contributed by atoms with Crippen LogP contribution >= 0.6 is 11.6 Å². The zero-order valence-corrected chi connectivity index (χ0v) is 12.3. The molecule has 2 aromatic carbocycles. The van der Waals surface area contributed by atoms with E-state index in [9.17, 15) is 9.18 Å². The van der Waals surface area contributed by atoms with E-state index in [4.69, 9.17) is 11.6 Å². The summed E-state index contributed by atoms with van der Waals surface area (Å²) in [7, 11) is 0. The third-order valence-electron chi connectivity index (χ3n) is 3.05. The summed E-state index contributed by atoms with van der Waals surface area (Å²) in [6, 6.07) is 13.1. The van der Waals surface area contributed by atoms with Crippen LogP contribution in [-0.4, -0.2) is 12.5 Å². The molecule has 0 saturated carbocycles. The first-order valence-corrected chi connectivity index (χ1v) is 6.96. The summed E-state index contributed by atoms with van der Waals surface area (Å²) in [5, 5.41) is 6.42. The highest BCUT2D eigenvalue weighted by molar-refractivity contribution is 6.30. The van der Waals surface area contributed by atoms with Gasteiger partial charge in [0.1, 0.15) is 5.82 Å². The average Bonchev–Trinajstić information content (AvgIpc) is 2.47. The second kappa shape index (κ2) is 7.20. The maximum atomic E-state index is 13.1. The molecular weight excluding hydrogens is 291 g/mol. The van der Waals surface area contributed by atoms with Gasteiger partial charge in [-0.05, 0) is 48.9 Å². The number of halogens is 2. The van der Waals surface area contributed by atoms with Crippen molar-refractivity contribution in [1.82, 2.24) is 5.32 Å². The van der Waals surface area contributed by atoms with Crippen molar-refractivity contribution in [1.29, 1.82) is 0 Å². The number of amides is 1. The van der Waals surface area contributed by atoms with Crippen LogP contribution in [-0.2, 0) is 4.79 Å². The van der Waals surface area contributed by atoms with Gasteiger partial charge >= 0.3 is 0 Å². The van der Waals surface area contributed by atoms with Crippen LogP contribution in [0.2, 0.25) is 5.02 Å². The number of hydrogen-bond donors (Lipinski definition) is 2. The summed E-state index contributed by atoms with van der Waals surface area (Å²) in [5.41, 5.74) is 1.49. The fourth-order valence-electron chi connectivity index (χ4n) is 1.88. The van der Waals surface area contributed by atoms with Crippen LogP contribution < -0.4 is 10.6 Å². The highest BCUT2D eigenvalue weighted by Crippen LogP contribution is 2.14. The largest absolute Gasteiger partial charge is 0.325 e. The Hall–Kier alpha value is -1.91. The lowest BCUT2D eigenvalue weighted by molar-refractivity contribution is -0.115. The summed E-state index contributed by atoms with van der Waals surface area (Å²) in [5.74, 6) is -0.452. The molecule has 0 spiro atoms. The van der Waals surface area contributed by atoms with E-state index in [-0.39, 0.29) is 24.3 Å². The zero-order chi connectivity index (χ0) is 15.2. The summed E-state index contributed by atoms with van der Waals surface area (Å²) < 4.78 is 13.1. The summed E-state index contributed by atoms with van der Waals surface area (Å²) >= 11 is 5.78. The molecule has 0 aliphatic rings. The summed E-state index contributed by atoms with van der Waals surface area (Å²) in [4.78, 5) is 11.8. The van der Waals surface area contributed by atoms with Crippen LogP contribution in [0.15, 0.2) is 48.5 Å². The monoisotopic (exact) mass is 306 g/mol. The molecule has 3 nitrogen and oxygen atoms in total. The second-order valence-corrected chi connectivity index (χ2v) is 5.15. The average molecular weight is 307 g/mol. The molecule has 1 atom stereocenters. The molecule has 1 amide bonds. The van der Waals surface area contributed by atoms with Gasteiger partial charge in [-0.2, -0.15) is 0 Å². The molecule has 2 N–H and O–H groups in total. The molecule has 0 saturated heterocycles. The normalized spacial score (nSPS) is 12.0. The van der Waals surface area contributed by atoms with Crippen molar-refractivity contribution in [2.45, 2.75) is 13.0 Å². The molecule has 0 unspecified atom stereocenters. The standard InChI is InChI=1S/C16H16ClFN2O/c1-11(12-3-2-4-14(18)9-12)19-10-16(21)20-15-7-5-13(17)6-8-15/h2-9,11,19H,10H2,1H3,(H,20,21)/t11-/m0/s1. The van der Waals surface area contributed by atoms with Crippen molar-refractivity contribution in [2.24, 2.45) is 0 Å². The fourth-order valence-corrected chi connectivity index (χ4v) is 2.00. The minimum atomic E-state index is -0.285. The minimum Gasteiger partial charge on any atom is -0.325 e. The van der Waals surface area contributed by atoms with E-state index in [0.29, 0.717) is 10.7 Å². The third kappa shape index (κ3) is 4.85. The highest BCUT2D eigenvalue weighted by atomic mass is 35.5. The Morgan fingerprint density at radius 2 is 1.95 bits per heavy atom. The Balaban J connectivity index is 1.84. The molecule has 0 aliphatic carbocycles. The topological polar surface area (TPSA) is 41.1 Å². The number of nitrogens with one attached hydrogen (secondary N) is 2. The highest BCUT2D eigenvalue weighted by Gasteiger charge is 2.08. The lowest BCUT2D eigenvalue weighted by Gasteiger charge is -2.14. The van der Waals surface area contributed by atoms with Crippen molar-refractivity contribution in [3.05, 3.63) is 64.9 Å². The van der Waals surface area contributed by atoms with E-state index in [1.165, 1.54) is 12.1 Å². The van der Waals surface area contributed by atoms with Gasteiger partial charge in [0.05, 0.1) is 6.54 Å². The van der Waals surface area contributed by atoms with Crippen molar-refractivity contribution < 1.29 is 9.18 Å². The first kappa shape index (κ1) is 15.5. The minimum absolute atomic E-state index is 0.114. The lowest BCUT2D eigenvalue weighted by atomic mass is 10.1. The molecular formula is C16H16ClFN2O. The van der Waals surface area contributed by atoms with Gasteiger partial charge in [0.25, 0.3) is 0 Å². The van der Waals surface area contributed by atoms with Crippen molar-refractivity contribution in [2.75, 3.05) is 11.9 Å². The molecule has 0 aromatic heterocycles. The molecule has 0 aliphatic heterocycles. The quantitative estimate of drug-likeness (QED) is 0.883. The number of anilines is 1. The van der Waals surface area contributed by atoms with Gasteiger partial charge < -0.3 is 10.6 Å². The number of carbonyl (C=O) groups excluding carboxylic acids is 1. The molecule has 0 fully saturated rings. The van der Waals surface area contributed by atoms with Gasteiger partial charge in [0.2, 0.25) is 5.91 Å². The predicted octanol–water partition coefficient (Wildman–Crippen LogP) is 3.77. The number of carbonyl (C=O) groups is 1. The van der Waals surface area contributed by atoms with Gasteiger partial charge in [0.15, 0.2) is 0 Å².